The highest BCUT2D eigenvalue weighted by Crippen LogP contribution is 2.30. The number of amides is 1. The molecule has 0 saturated heterocycles. The van der Waals surface area contributed by atoms with Crippen LogP contribution in [0.5, 0.6) is 11.5 Å². The van der Waals surface area contributed by atoms with Crippen LogP contribution >= 0.6 is 0 Å². The van der Waals surface area contributed by atoms with E-state index in [4.69, 9.17) is 13.9 Å². The molecule has 1 N–H and O–H groups in total. The molecule has 3 aromatic rings. The highest BCUT2D eigenvalue weighted by molar-refractivity contribution is 7.91. The number of nitrogens with zero attached hydrogens (tertiary/aromatic N) is 2. The van der Waals surface area contributed by atoms with Crippen molar-refractivity contribution < 1.29 is 27.1 Å². The molecule has 9 nitrogen and oxygen atoms in total. The summed E-state index contributed by atoms with van der Waals surface area (Å²) in [5.41, 5.74) is 0.334. The molecular formula is C19H17N3O6S. The molecule has 4 rings (SSSR count). The van der Waals surface area contributed by atoms with Crippen molar-refractivity contribution >= 4 is 21.8 Å². The summed E-state index contributed by atoms with van der Waals surface area (Å²) in [5.74, 6) is 0.527. The molecule has 1 aromatic heterocycles. The average molecular weight is 415 g/mol. The largest absolute Gasteiger partial charge is 0.486 e. The summed E-state index contributed by atoms with van der Waals surface area (Å²) >= 11 is 0. The number of nitrogens with one attached hydrogen (secondary N) is 1. The second-order valence-corrected chi connectivity index (χ2v) is 8.30. The number of aromatic nitrogens is 2. The van der Waals surface area contributed by atoms with Gasteiger partial charge in [-0.15, -0.1) is 5.10 Å². The summed E-state index contributed by atoms with van der Waals surface area (Å²) in [6.45, 7) is 0.875. The minimum absolute atomic E-state index is 0.0319. The lowest BCUT2D eigenvalue weighted by atomic mass is 10.2. The number of benzene rings is 2. The third-order valence-corrected chi connectivity index (χ3v) is 5.91. The molecule has 2 heterocycles. The molecule has 1 aliphatic heterocycles. The second kappa shape index (κ2) is 7.92. The Balaban J connectivity index is 1.38. The zero-order valence-corrected chi connectivity index (χ0v) is 16.0. The first-order valence-electron chi connectivity index (χ1n) is 8.82. The molecule has 0 bridgehead atoms. The third kappa shape index (κ3) is 4.37. The number of hydrogen-bond donors (Lipinski definition) is 1. The third-order valence-electron chi connectivity index (χ3n) is 4.18. The average Bonchev–Trinajstić information content (AvgIpc) is 3.20. The standard InChI is InChI=1S/C19H17N3O6S/c23-18(13-6-7-15-16(12-13)27-10-9-26-15)20-19-22-21-17(28-19)8-11-29(24,25)14-4-2-1-3-5-14/h1-7,12H,8-11H2,(H,20,22,23). The Morgan fingerprint density at radius 2 is 1.76 bits per heavy atom. The minimum atomic E-state index is -3.46. The number of hydrogen-bond acceptors (Lipinski definition) is 8. The number of fused-ring (bicyclic) bond motifs is 1. The van der Waals surface area contributed by atoms with Crippen LogP contribution in [0.25, 0.3) is 0 Å². The number of carbonyl (C=O) groups is 1. The van der Waals surface area contributed by atoms with Gasteiger partial charge >= 0.3 is 6.01 Å². The summed E-state index contributed by atoms with van der Waals surface area (Å²) in [7, 11) is -3.46. The van der Waals surface area contributed by atoms with Crippen LogP contribution in [0.15, 0.2) is 57.8 Å². The molecule has 29 heavy (non-hydrogen) atoms. The quantitative estimate of drug-likeness (QED) is 0.650. The van der Waals surface area contributed by atoms with Gasteiger partial charge in [-0.1, -0.05) is 23.3 Å². The van der Waals surface area contributed by atoms with Gasteiger partial charge in [-0.05, 0) is 30.3 Å². The summed E-state index contributed by atoms with van der Waals surface area (Å²) in [6, 6.07) is 12.8. The fourth-order valence-electron chi connectivity index (χ4n) is 2.73. The molecule has 0 aliphatic carbocycles. The molecule has 0 saturated carbocycles. The number of ether oxygens (including phenoxy) is 2. The van der Waals surface area contributed by atoms with E-state index in [1.165, 1.54) is 12.1 Å². The highest BCUT2D eigenvalue weighted by Gasteiger charge is 2.19. The number of sulfone groups is 1. The predicted molar refractivity (Wildman–Crippen MR) is 102 cm³/mol. The van der Waals surface area contributed by atoms with Crippen LogP contribution in [-0.4, -0.2) is 43.5 Å². The van der Waals surface area contributed by atoms with Gasteiger partial charge in [0.05, 0.1) is 10.6 Å². The van der Waals surface area contributed by atoms with E-state index < -0.39 is 15.7 Å². The summed E-state index contributed by atoms with van der Waals surface area (Å²) in [5, 5.41) is 10.0. The SMILES string of the molecule is O=C(Nc1nnc(CCS(=O)(=O)c2ccccc2)o1)c1ccc2c(c1)OCCO2. The van der Waals surface area contributed by atoms with Gasteiger partial charge in [0.15, 0.2) is 21.3 Å². The Kier molecular flexibility index (Phi) is 5.17. The lowest BCUT2D eigenvalue weighted by molar-refractivity contribution is 0.102. The number of carbonyl (C=O) groups excluding carboxylic acids is 1. The first-order chi connectivity index (χ1) is 14.0. The Labute approximate surface area is 166 Å². The van der Waals surface area contributed by atoms with E-state index in [1.807, 2.05) is 0 Å². The van der Waals surface area contributed by atoms with E-state index >= 15 is 0 Å². The first-order valence-corrected chi connectivity index (χ1v) is 10.5. The van der Waals surface area contributed by atoms with Crippen molar-refractivity contribution in [2.75, 3.05) is 24.3 Å². The van der Waals surface area contributed by atoms with Crippen LogP contribution in [-0.2, 0) is 16.3 Å². The van der Waals surface area contributed by atoms with E-state index in [1.54, 1.807) is 36.4 Å². The van der Waals surface area contributed by atoms with Gasteiger partial charge < -0.3 is 13.9 Å². The fraction of sp³-hybridized carbons (Fsp3) is 0.211. The van der Waals surface area contributed by atoms with Crippen LogP contribution in [0.3, 0.4) is 0 Å². The van der Waals surface area contributed by atoms with E-state index in [0.717, 1.165) is 0 Å². The van der Waals surface area contributed by atoms with Crippen LogP contribution in [0.1, 0.15) is 16.2 Å². The number of anilines is 1. The highest BCUT2D eigenvalue weighted by atomic mass is 32.2. The summed E-state index contributed by atoms with van der Waals surface area (Å²) in [4.78, 5) is 12.6. The molecule has 2 aromatic carbocycles. The van der Waals surface area contributed by atoms with E-state index in [-0.39, 0.29) is 29.0 Å². The maximum Gasteiger partial charge on any atom is 0.322 e. The van der Waals surface area contributed by atoms with Gasteiger partial charge in [-0.25, -0.2) is 8.42 Å². The molecule has 0 radical (unpaired) electrons. The van der Waals surface area contributed by atoms with Crippen molar-refractivity contribution in [1.82, 2.24) is 10.2 Å². The van der Waals surface area contributed by atoms with Gasteiger partial charge in [0, 0.05) is 12.0 Å². The van der Waals surface area contributed by atoms with Gasteiger partial charge in [-0.3, -0.25) is 10.1 Å². The molecule has 0 unspecified atom stereocenters. The van der Waals surface area contributed by atoms with Crippen molar-refractivity contribution in [1.29, 1.82) is 0 Å². The lowest BCUT2D eigenvalue weighted by Crippen LogP contribution is -2.17. The smallest absolute Gasteiger partial charge is 0.322 e. The van der Waals surface area contributed by atoms with E-state index in [9.17, 15) is 13.2 Å². The van der Waals surface area contributed by atoms with Crippen LogP contribution in [0.2, 0.25) is 0 Å². The van der Waals surface area contributed by atoms with Crippen LogP contribution in [0.4, 0.5) is 6.01 Å². The Hall–Kier alpha value is -3.40. The summed E-state index contributed by atoms with van der Waals surface area (Å²) in [6.07, 6.45) is 0.0319. The van der Waals surface area contributed by atoms with Gasteiger partial charge in [0.25, 0.3) is 5.91 Å². The second-order valence-electron chi connectivity index (χ2n) is 6.20. The normalized spacial score (nSPS) is 13.1. The van der Waals surface area contributed by atoms with E-state index in [2.05, 4.69) is 15.5 Å². The number of aryl methyl sites for hydroxylation is 1. The van der Waals surface area contributed by atoms with Crippen molar-refractivity contribution in [3.8, 4) is 11.5 Å². The maximum absolute atomic E-state index is 12.4. The van der Waals surface area contributed by atoms with Crippen molar-refractivity contribution in [3.05, 3.63) is 60.0 Å². The molecule has 0 fully saturated rings. The Morgan fingerprint density at radius 3 is 2.55 bits per heavy atom. The first kappa shape index (κ1) is 18.9. The van der Waals surface area contributed by atoms with Crippen molar-refractivity contribution in [2.45, 2.75) is 11.3 Å². The topological polar surface area (TPSA) is 121 Å². The van der Waals surface area contributed by atoms with Crippen LogP contribution in [0, 0.1) is 0 Å². The van der Waals surface area contributed by atoms with Gasteiger partial charge in [0.2, 0.25) is 5.89 Å². The molecular weight excluding hydrogens is 398 g/mol. The van der Waals surface area contributed by atoms with Gasteiger partial charge in [0.1, 0.15) is 13.2 Å². The molecule has 0 atom stereocenters. The van der Waals surface area contributed by atoms with Crippen molar-refractivity contribution in [2.24, 2.45) is 0 Å². The van der Waals surface area contributed by atoms with Crippen LogP contribution < -0.4 is 14.8 Å². The number of rotatable bonds is 6. The molecule has 0 spiro atoms. The predicted octanol–water partition coefficient (Wildman–Crippen LogP) is 2.11. The molecule has 150 valence electrons. The molecule has 1 aliphatic rings. The molecule has 1 amide bonds. The van der Waals surface area contributed by atoms with E-state index in [0.29, 0.717) is 30.3 Å². The van der Waals surface area contributed by atoms with Crippen molar-refractivity contribution in [3.63, 3.8) is 0 Å². The minimum Gasteiger partial charge on any atom is -0.486 e. The Morgan fingerprint density at radius 1 is 1.00 bits per heavy atom. The maximum atomic E-state index is 12.4. The molecule has 10 heteroatoms. The zero-order chi connectivity index (χ0) is 20.3. The van der Waals surface area contributed by atoms with Gasteiger partial charge in [-0.2, -0.15) is 0 Å². The lowest BCUT2D eigenvalue weighted by Gasteiger charge is -2.18. The monoisotopic (exact) mass is 415 g/mol. The summed E-state index contributed by atoms with van der Waals surface area (Å²) < 4.78 is 40.8. The Bertz CT molecular complexity index is 1130. The fourth-order valence-corrected chi connectivity index (χ4v) is 3.98. The zero-order valence-electron chi connectivity index (χ0n) is 15.2.